The SMILES string of the molecule is CCCCCCCC[C@H](S)[C@@H](S)CCCCCCCC(=O)OC. The number of rotatable bonds is 16. The number of unbranched alkanes of at least 4 members (excludes halogenated alkanes) is 9. The van der Waals surface area contributed by atoms with Gasteiger partial charge in [0.1, 0.15) is 0 Å². The van der Waals surface area contributed by atoms with Crippen molar-refractivity contribution in [2.45, 2.75) is 107 Å². The third kappa shape index (κ3) is 15.4. The van der Waals surface area contributed by atoms with Gasteiger partial charge in [-0.2, -0.15) is 25.3 Å². The van der Waals surface area contributed by atoms with Gasteiger partial charge in [-0.15, -0.1) is 0 Å². The fraction of sp³-hybridized carbons (Fsp3) is 0.947. The summed E-state index contributed by atoms with van der Waals surface area (Å²) in [4.78, 5) is 11.0. The van der Waals surface area contributed by atoms with E-state index in [1.807, 2.05) is 0 Å². The minimum atomic E-state index is -0.0898. The summed E-state index contributed by atoms with van der Waals surface area (Å²) >= 11 is 9.46. The Hall–Kier alpha value is 0.170. The van der Waals surface area contributed by atoms with E-state index in [0.29, 0.717) is 16.9 Å². The Morgan fingerprint density at radius 1 is 0.783 bits per heavy atom. The number of ether oxygens (including phenoxy) is 1. The third-order valence-electron chi connectivity index (χ3n) is 4.41. The number of thiol groups is 2. The van der Waals surface area contributed by atoms with E-state index in [2.05, 4.69) is 11.7 Å². The van der Waals surface area contributed by atoms with Gasteiger partial charge in [0.15, 0.2) is 0 Å². The molecule has 0 unspecified atom stereocenters. The molecule has 0 spiro atoms. The first kappa shape index (κ1) is 23.2. The van der Waals surface area contributed by atoms with E-state index in [-0.39, 0.29) is 5.97 Å². The maximum absolute atomic E-state index is 11.0. The van der Waals surface area contributed by atoms with Gasteiger partial charge in [-0.25, -0.2) is 0 Å². The lowest BCUT2D eigenvalue weighted by atomic mass is 10.0. The Bertz CT molecular complexity index is 272. The van der Waals surface area contributed by atoms with Crippen molar-refractivity contribution < 1.29 is 9.53 Å². The first-order valence-corrected chi connectivity index (χ1v) is 10.6. The zero-order chi connectivity index (χ0) is 17.3. The van der Waals surface area contributed by atoms with E-state index >= 15 is 0 Å². The Kier molecular flexibility index (Phi) is 17.1. The average molecular weight is 363 g/mol. The molecule has 2 atom stereocenters. The van der Waals surface area contributed by atoms with Crippen molar-refractivity contribution in [3.05, 3.63) is 0 Å². The van der Waals surface area contributed by atoms with Gasteiger partial charge in [0.25, 0.3) is 0 Å². The maximum atomic E-state index is 11.0. The lowest BCUT2D eigenvalue weighted by Gasteiger charge is -2.18. The van der Waals surface area contributed by atoms with Crippen LogP contribution in [-0.2, 0) is 9.53 Å². The van der Waals surface area contributed by atoms with Crippen molar-refractivity contribution in [2.24, 2.45) is 0 Å². The number of methoxy groups -OCH3 is 1. The fourth-order valence-electron chi connectivity index (χ4n) is 2.77. The fourth-order valence-corrected chi connectivity index (χ4v) is 3.44. The van der Waals surface area contributed by atoms with Crippen LogP contribution in [0.5, 0.6) is 0 Å². The molecule has 0 aromatic heterocycles. The zero-order valence-electron chi connectivity index (χ0n) is 15.3. The van der Waals surface area contributed by atoms with Gasteiger partial charge in [0.2, 0.25) is 0 Å². The second-order valence-corrected chi connectivity index (χ2v) is 7.90. The molecule has 0 N–H and O–H groups in total. The van der Waals surface area contributed by atoms with Crippen LogP contribution in [-0.4, -0.2) is 23.6 Å². The molecule has 0 aliphatic rings. The molecule has 0 aromatic carbocycles. The Balaban J connectivity index is 3.40. The summed E-state index contributed by atoms with van der Waals surface area (Å²) in [5, 5.41) is 0.855. The predicted octanol–water partition coefficient (Wildman–Crippen LogP) is 6.24. The van der Waals surface area contributed by atoms with E-state index < -0.39 is 0 Å². The van der Waals surface area contributed by atoms with Gasteiger partial charge in [-0.05, 0) is 19.3 Å². The molecule has 23 heavy (non-hydrogen) atoms. The van der Waals surface area contributed by atoms with Crippen molar-refractivity contribution in [3.63, 3.8) is 0 Å². The second kappa shape index (κ2) is 17.0. The number of hydrogen-bond donors (Lipinski definition) is 2. The molecule has 0 rings (SSSR count). The van der Waals surface area contributed by atoms with Crippen molar-refractivity contribution in [3.8, 4) is 0 Å². The van der Waals surface area contributed by atoms with E-state index in [1.54, 1.807) is 0 Å². The summed E-state index contributed by atoms with van der Waals surface area (Å²) in [6.45, 7) is 2.26. The molecular formula is C19H38O2S2. The Morgan fingerprint density at radius 2 is 1.22 bits per heavy atom. The van der Waals surface area contributed by atoms with Crippen LogP contribution in [0.15, 0.2) is 0 Å². The molecule has 4 heteroatoms. The molecular weight excluding hydrogens is 324 g/mol. The summed E-state index contributed by atoms with van der Waals surface area (Å²) in [5.74, 6) is -0.0898. The Morgan fingerprint density at radius 3 is 1.70 bits per heavy atom. The second-order valence-electron chi connectivity index (χ2n) is 6.57. The van der Waals surface area contributed by atoms with Crippen LogP contribution in [0.25, 0.3) is 0 Å². The molecule has 2 nitrogen and oxygen atoms in total. The summed E-state index contributed by atoms with van der Waals surface area (Å²) in [6.07, 6.45) is 16.7. The lowest BCUT2D eigenvalue weighted by molar-refractivity contribution is -0.140. The van der Waals surface area contributed by atoms with Gasteiger partial charge in [0, 0.05) is 16.9 Å². The van der Waals surface area contributed by atoms with Gasteiger partial charge < -0.3 is 4.74 Å². The third-order valence-corrected chi connectivity index (χ3v) is 5.88. The van der Waals surface area contributed by atoms with E-state index in [9.17, 15) is 4.79 Å². The molecule has 138 valence electrons. The van der Waals surface area contributed by atoms with Gasteiger partial charge in [-0.1, -0.05) is 71.1 Å². The molecule has 0 radical (unpaired) electrons. The quantitative estimate of drug-likeness (QED) is 0.193. The molecule has 0 bridgehead atoms. The van der Waals surface area contributed by atoms with Gasteiger partial charge >= 0.3 is 5.97 Å². The van der Waals surface area contributed by atoms with Crippen molar-refractivity contribution in [1.82, 2.24) is 0 Å². The normalized spacial score (nSPS) is 13.7. The highest BCUT2D eigenvalue weighted by Gasteiger charge is 2.13. The number of esters is 1. The van der Waals surface area contributed by atoms with Crippen LogP contribution < -0.4 is 0 Å². The highest BCUT2D eigenvalue weighted by atomic mass is 32.1. The predicted molar refractivity (Wildman–Crippen MR) is 108 cm³/mol. The summed E-state index contributed by atoms with van der Waals surface area (Å²) in [5.41, 5.74) is 0. The molecule has 0 saturated carbocycles. The van der Waals surface area contributed by atoms with Crippen LogP contribution in [0, 0.1) is 0 Å². The first-order valence-electron chi connectivity index (χ1n) is 9.54. The summed E-state index contributed by atoms with van der Waals surface area (Å²) in [7, 11) is 1.45. The minimum Gasteiger partial charge on any atom is -0.469 e. The van der Waals surface area contributed by atoms with E-state index in [0.717, 1.165) is 19.3 Å². The van der Waals surface area contributed by atoms with Crippen LogP contribution in [0.1, 0.15) is 96.8 Å². The molecule has 0 aromatic rings. The standard InChI is InChI=1S/C19H38O2S2/c1-3-4-5-6-8-11-14-17(22)18(23)15-12-9-7-10-13-16-19(20)21-2/h17-18,22-23H,3-16H2,1-2H3/t17-,18-/m0/s1. The van der Waals surface area contributed by atoms with Crippen molar-refractivity contribution in [2.75, 3.05) is 7.11 Å². The number of carbonyl (C=O) groups excluding carboxylic acids is 1. The highest BCUT2D eigenvalue weighted by Crippen LogP contribution is 2.22. The van der Waals surface area contributed by atoms with Crippen LogP contribution in [0.4, 0.5) is 0 Å². The first-order chi connectivity index (χ1) is 11.1. The van der Waals surface area contributed by atoms with E-state index in [4.69, 9.17) is 25.3 Å². The Labute approximate surface area is 155 Å². The average Bonchev–Trinajstić information content (AvgIpc) is 2.56. The molecule has 0 aliphatic carbocycles. The minimum absolute atomic E-state index is 0.0898. The molecule has 0 amide bonds. The maximum Gasteiger partial charge on any atom is 0.305 e. The lowest BCUT2D eigenvalue weighted by Crippen LogP contribution is -2.15. The molecule has 0 heterocycles. The van der Waals surface area contributed by atoms with Crippen LogP contribution >= 0.6 is 25.3 Å². The van der Waals surface area contributed by atoms with Gasteiger partial charge in [-0.3, -0.25) is 4.79 Å². The van der Waals surface area contributed by atoms with Crippen LogP contribution in [0.2, 0.25) is 0 Å². The zero-order valence-corrected chi connectivity index (χ0v) is 17.1. The van der Waals surface area contributed by atoms with Gasteiger partial charge in [0.05, 0.1) is 7.11 Å². The largest absolute Gasteiger partial charge is 0.469 e. The summed E-state index contributed by atoms with van der Waals surface area (Å²) < 4.78 is 4.64. The molecule has 0 saturated heterocycles. The van der Waals surface area contributed by atoms with Crippen molar-refractivity contribution in [1.29, 1.82) is 0 Å². The van der Waals surface area contributed by atoms with E-state index in [1.165, 1.54) is 71.3 Å². The monoisotopic (exact) mass is 362 g/mol. The van der Waals surface area contributed by atoms with Crippen molar-refractivity contribution >= 4 is 31.2 Å². The van der Waals surface area contributed by atoms with Crippen LogP contribution in [0.3, 0.4) is 0 Å². The highest BCUT2D eigenvalue weighted by molar-refractivity contribution is 7.85. The molecule has 0 aliphatic heterocycles. The number of hydrogen-bond acceptors (Lipinski definition) is 4. The smallest absolute Gasteiger partial charge is 0.305 e. The topological polar surface area (TPSA) is 26.3 Å². The number of carbonyl (C=O) groups is 1. The summed E-state index contributed by atoms with van der Waals surface area (Å²) in [6, 6.07) is 0. The molecule has 0 fully saturated rings.